The molecule has 1 amide bonds. The molecule has 2 N–H and O–H groups in total. The quantitative estimate of drug-likeness (QED) is 0.292. The number of ether oxygens (including phenoxy) is 1. The van der Waals surface area contributed by atoms with Gasteiger partial charge >= 0.3 is 0 Å². The number of hydrogen-bond donors (Lipinski definition) is 2. The average Bonchev–Trinajstić information content (AvgIpc) is 3.09. The van der Waals surface area contributed by atoms with Gasteiger partial charge in [-0.2, -0.15) is 0 Å². The molecule has 8 heteroatoms. The molecule has 1 unspecified atom stereocenters. The fraction of sp³-hybridized carbons (Fsp3) is 0.529. The van der Waals surface area contributed by atoms with E-state index in [2.05, 4.69) is 34.5 Å². The van der Waals surface area contributed by atoms with Gasteiger partial charge in [-0.3, -0.25) is 9.52 Å². The van der Waals surface area contributed by atoms with Gasteiger partial charge < -0.3 is 14.7 Å². The monoisotopic (exact) mass is 610 g/mol. The number of anilines is 1. The average molecular weight is 611 g/mol. The van der Waals surface area contributed by atoms with Gasteiger partial charge in [-0.05, 0) is 110 Å². The topological polar surface area (TPSA) is 78.9 Å². The number of amides is 1. The standard InChI is InChI=1S/C34H43ClN2O4S/c1-21-7-13-31(38)28-11-8-26(28)18-37-19-34(15-5-6-24-16-27(35)10-12-29(24)34)20-41-32-14-9-25(17-30(32)37)33(39)36-42(4,40)23(3)22(21)2/h7,9-10,12-14,16-17,21-23,26,28,31,38H,4-6,8,11,15,18-20H2,1-3H3,(H,36,39,40)/b13-7+/t21-,22+,23-,26+,28-,31+,34+,42?/m1/s1. The van der Waals surface area contributed by atoms with E-state index in [-0.39, 0.29) is 34.3 Å². The van der Waals surface area contributed by atoms with Gasteiger partial charge in [-0.1, -0.05) is 43.7 Å². The van der Waals surface area contributed by atoms with Gasteiger partial charge in [0.15, 0.2) is 0 Å². The van der Waals surface area contributed by atoms with Crippen LogP contribution in [0.5, 0.6) is 5.75 Å². The highest BCUT2D eigenvalue weighted by molar-refractivity contribution is 7.99. The Morgan fingerprint density at radius 3 is 2.71 bits per heavy atom. The van der Waals surface area contributed by atoms with Crippen LogP contribution in [0.2, 0.25) is 5.02 Å². The third-order valence-corrected chi connectivity index (χ3v) is 13.1. The Hall–Kier alpha value is -2.48. The molecule has 2 aliphatic heterocycles. The molecule has 2 aromatic rings. The number of aryl methyl sites for hydroxylation is 1. The second kappa shape index (κ2) is 11.2. The molecule has 6 rings (SSSR count). The van der Waals surface area contributed by atoms with Crippen LogP contribution in [-0.4, -0.2) is 52.1 Å². The van der Waals surface area contributed by atoms with E-state index in [9.17, 15) is 14.1 Å². The van der Waals surface area contributed by atoms with Crippen LogP contribution in [0.1, 0.15) is 67.9 Å². The van der Waals surface area contributed by atoms with Gasteiger partial charge in [0.2, 0.25) is 0 Å². The van der Waals surface area contributed by atoms with E-state index in [1.807, 2.05) is 44.2 Å². The second-order valence-corrected chi connectivity index (χ2v) is 16.1. The van der Waals surface area contributed by atoms with Crippen LogP contribution in [0.3, 0.4) is 0 Å². The fourth-order valence-corrected chi connectivity index (χ4v) is 9.25. The number of aliphatic hydroxyl groups is 1. The molecule has 1 spiro atoms. The summed E-state index contributed by atoms with van der Waals surface area (Å²) in [6, 6.07) is 11.8. The molecule has 226 valence electrons. The van der Waals surface area contributed by atoms with E-state index in [1.54, 1.807) is 6.07 Å². The molecule has 6 nitrogen and oxygen atoms in total. The highest BCUT2D eigenvalue weighted by Gasteiger charge is 2.44. The minimum atomic E-state index is -2.94. The number of nitrogens with one attached hydrogen (secondary N) is 1. The predicted octanol–water partition coefficient (Wildman–Crippen LogP) is 5.79. The van der Waals surface area contributed by atoms with Crippen molar-refractivity contribution in [2.75, 3.05) is 24.6 Å². The number of fused-ring (bicyclic) bond motifs is 4. The minimum absolute atomic E-state index is 0.00998. The lowest BCUT2D eigenvalue weighted by Crippen LogP contribution is -2.49. The SMILES string of the molecule is C=S1(=O)NC(=O)c2ccc3c(c2)N(C[C@@H]2CC[C@H]2[C@@H](O)/C=C/[C@@H](C)[C@H](C)[C@H]1C)C[C@@]1(CCCc2cc(Cl)ccc21)CO3. The van der Waals surface area contributed by atoms with Crippen molar-refractivity contribution >= 4 is 38.8 Å². The predicted molar refractivity (Wildman–Crippen MR) is 172 cm³/mol. The molecule has 1 fully saturated rings. The lowest BCUT2D eigenvalue weighted by Gasteiger charge is -2.45. The van der Waals surface area contributed by atoms with Gasteiger partial charge in [-0.15, -0.1) is 0 Å². The Kier molecular flexibility index (Phi) is 7.90. The van der Waals surface area contributed by atoms with E-state index >= 15 is 0 Å². The molecular weight excluding hydrogens is 568 g/mol. The fourth-order valence-electron chi connectivity index (χ4n) is 7.50. The first kappa shape index (κ1) is 29.6. The van der Waals surface area contributed by atoms with E-state index in [1.165, 1.54) is 11.1 Å². The van der Waals surface area contributed by atoms with Crippen molar-refractivity contribution in [3.8, 4) is 5.75 Å². The Balaban J connectivity index is 1.43. The van der Waals surface area contributed by atoms with Gasteiger partial charge in [0.25, 0.3) is 5.91 Å². The van der Waals surface area contributed by atoms with Crippen LogP contribution >= 0.6 is 11.6 Å². The summed E-state index contributed by atoms with van der Waals surface area (Å²) in [6.07, 6.45) is 8.52. The molecule has 8 atom stereocenters. The zero-order chi connectivity index (χ0) is 29.8. The number of hydrogen-bond acceptors (Lipinski definition) is 5. The molecule has 42 heavy (non-hydrogen) atoms. The first-order valence-electron chi connectivity index (χ1n) is 15.3. The van der Waals surface area contributed by atoms with Crippen LogP contribution in [0.4, 0.5) is 5.69 Å². The highest BCUT2D eigenvalue weighted by Crippen LogP contribution is 2.46. The van der Waals surface area contributed by atoms with Crippen LogP contribution in [0, 0.1) is 23.7 Å². The first-order valence-corrected chi connectivity index (χ1v) is 17.5. The molecule has 2 bridgehead atoms. The Labute approximate surface area is 255 Å². The summed E-state index contributed by atoms with van der Waals surface area (Å²) < 4.78 is 23.1. The Morgan fingerprint density at radius 1 is 1.14 bits per heavy atom. The first-order chi connectivity index (χ1) is 20.0. The number of carbonyl (C=O) groups excluding carboxylic acids is 1. The highest BCUT2D eigenvalue weighted by atomic mass is 35.5. The second-order valence-electron chi connectivity index (χ2n) is 13.2. The minimum Gasteiger partial charge on any atom is -0.490 e. The third-order valence-electron chi connectivity index (χ3n) is 10.7. The lowest BCUT2D eigenvalue weighted by atomic mass is 9.68. The number of rotatable bonds is 0. The molecule has 0 radical (unpaired) electrons. The maximum Gasteiger partial charge on any atom is 0.262 e. The van der Waals surface area contributed by atoms with E-state index in [0.29, 0.717) is 18.1 Å². The number of carbonyl (C=O) groups is 1. The molecule has 2 aliphatic carbocycles. The molecule has 0 aromatic heterocycles. The summed E-state index contributed by atoms with van der Waals surface area (Å²) in [5, 5.41) is 11.7. The zero-order valence-corrected chi connectivity index (χ0v) is 26.4. The summed E-state index contributed by atoms with van der Waals surface area (Å²) in [7, 11) is -2.94. The molecule has 1 saturated carbocycles. The van der Waals surface area contributed by atoms with Gasteiger partial charge in [-0.25, -0.2) is 4.21 Å². The largest absolute Gasteiger partial charge is 0.490 e. The van der Waals surface area contributed by atoms with E-state index in [0.717, 1.165) is 61.7 Å². The van der Waals surface area contributed by atoms with Crippen molar-refractivity contribution in [3.63, 3.8) is 0 Å². The Morgan fingerprint density at radius 2 is 1.95 bits per heavy atom. The van der Waals surface area contributed by atoms with Crippen molar-refractivity contribution in [3.05, 3.63) is 70.3 Å². The molecule has 2 heterocycles. The summed E-state index contributed by atoms with van der Waals surface area (Å²) >= 11 is 6.40. The van der Waals surface area contributed by atoms with Crippen molar-refractivity contribution in [1.29, 1.82) is 0 Å². The molecule has 2 aromatic carbocycles. The number of benzene rings is 2. The van der Waals surface area contributed by atoms with Crippen LogP contribution in [0.15, 0.2) is 48.6 Å². The van der Waals surface area contributed by atoms with Crippen molar-refractivity contribution < 1.29 is 18.8 Å². The smallest absolute Gasteiger partial charge is 0.262 e. The summed E-state index contributed by atoms with van der Waals surface area (Å²) in [4.78, 5) is 15.9. The maximum atomic E-state index is 13.7. The van der Waals surface area contributed by atoms with Crippen molar-refractivity contribution in [2.45, 2.75) is 69.6 Å². The molecular formula is C34H43ClN2O4S. The van der Waals surface area contributed by atoms with E-state index in [4.69, 9.17) is 16.3 Å². The number of aliphatic hydroxyl groups excluding tert-OH is 1. The van der Waals surface area contributed by atoms with Gasteiger partial charge in [0, 0.05) is 34.3 Å². The van der Waals surface area contributed by atoms with Crippen molar-refractivity contribution in [2.24, 2.45) is 23.7 Å². The third kappa shape index (κ3) is 5.37. The number of halogens is 1. The van der Waals surface area contributed by atoms with Crippen LogP contribution in [0.25, 0.3) is 0 Å². The normalized spacial score (nSPS) is 37.4. The van der Waals surface area contributed by atoms with E-state index < -0.39 is 15.8 Å². The van der Waals surface area contributed by atoms with Crippen LogP contribution < -0.4 is 14.4 Å². The van der Waals surface area contributed by atoms with Gasteiger partial charge in [0.1, 0.15) is 5.75 Å². The van der Waals surface area contributed by atoms with Gasteiger partial charge in [0.05, 0.1) is 28.1 Å². The summed E-state index contributed by atoms with van der Waals surface area (Å²) in [5.41, 5.74) is 3.66. The maximum absolute atomic E-state index is 13.7. The van der Waals surface area contributed by atoms with Crippen LogP contribution in [-0.2, 0) is 21.5 Å². The van der Waals surface area contributed by atoms with Crippen molar-refractivity contribution in [1.82, 2.24) is 4.72 Å². The number of nitrogens with zero attached hydrogens (tertiary/aromatic N) is 1. The Bertz CT molecular complexity index is 1510. The molecule has 4 aliphatic rings. The lowest BCUT2D eigenvalue weighted by molar-refractivity contribution is 0.0454. The summed E-state index contributed by atoms with van der Waals surface area (Å²) in [5.74, 6) is 4.86. The number of allylic oxidation sites excluding steroid dienone is 1. The molecule has 0 saturated heterocycles. The zero-order valence-electron chi connectivity index (χ0n) is 24.9. The summed E-state index contributed by atoms with van der Waals surface area (Å²) in [6.45, 7) is 8.02.